The van der Waals surface area contributed by atoms with E-state index < -0.39 is 40.6 Å². The van der Waals surface area contributed by atoms with Crippen molar-refractivity contribution in [2.75, 3.05) is 12.4 Å². The molecule has 0 bridgehead atoms. The SMILES string of the molecule is O=C(NC/C=C/CCl)c1c(F)c(F)c(F)c(F)c1F. The molecular weight excluding hydrogens is 293 g/mol. The minimum Gasteiger partial charge on any atom is -0.348 e. The number of nitrogens with one attached hydrogen (secondary N) is 1. The van der Waals surface area contributed by atoms with E-state index in [-0.39, 0.29) is 12.4 Å². The molecule has 1 N–H and O–H groups in total. The van der Waals surface area contributed by atoms with Crippen molar-refractivity contribution in [3.63, 3.8) is 0 Å². The fourth-order valence-electron chi connectivity index (χ4n) is 1.19. The van der Waals surface area contributed by atoms with Crippen LogP contribution in [-0.2, 0) is 0 Å². The van der Waals surface area contributed by atoms with Crippen LogP contribution in [0.5, 0.6) is 0 Å². The van der Waals surface area contributed by atoms with Gasteiger partial charge in [-0.15, -0.1) is 11.6 Å². The van der Waals surface area contributed by atoms with E-state index in [4.69, 9.17) is 11.6 Å². The highest BCUT2D eigenvalue weighted by molar-refractivity contribution is 6.18. The first kappa shape index (κ1) is 15.4. The molecular formula is C11H7ClF5NO. The largest absolute Gasteiger partial charge is 0.348 e. The van der Waals surface area contributed by atoms with E-state index in [1.807, 2.05) is 5.32 Å². The van der Waals surface area contributed by atoms with Gasteiger partial charge >= 0.3 is 0 Å². The molecule has 104 valence electrons. The number of halogens is 6. The lowest BCUT2D eigenvalue weighted by Crippen LogP contribution is -2.27. The highest BCUT2D eigenvalue weighted by Crippen LogP contribution is 2.22. The van der Waals surface area contributed by atoms with Crippen molar-refractivity contribution >= 4 is 17.5 Å². The fraction of sp³-hybridized carbons (Fsp3) is 0.182. The summed E-state index contributed by atoms with van der Waals surface area (Å²) in [6.45, 7) is -0.162. The molecule has 0 spiro atoms. The molecule has 0 unspecified atom stereocenters. The van der Waals surface area contributed by atoms with Crippen LogP contribution in [0.3, 0.4) is 0 Å². The Kier molecular flexibility index (Phi) is 5.29. The zero-order chi connectivity index (χ0) is 14.6. The number of alkyl halides is 1. The highest BCUT2D eigenvalue weighted by Gasteiger charge is 2.29. The second-order valence-electron chi connectivity index (χ2n) is 3.28. The Bertz CT molecular complexity index is 503. The Morgan fingerprint density at radius 1 is 0.947 bits per heavy atom. The predicted molar refractivity (Wildman–Crippen MR) is 58.4 cm³/mol. The molecule has 0 aromatic heterocycles. The van der Waals surface area contributed by atoms with Gasteiger partial charge < -0.3 is 5.32 Å². The Morgan fingerprint density at radius 3 is 1.89 bits per heavy atom. The topological polar surface area (TPSA) is 29.1 Å². The molecule has 0 aliphatic carbocycles. The zero-order valence-corrected chi connectivity index (χ0v) is 10.0. The second-order valence-corrected chi connectivity index (χ2v) is 3.59. The molecule has 1 amide bonds. The average molecular weight is 300 g/mol. The molecule has 0 aliphatic heterocycles. The van der Waals surface area contributed by atoms with Gasteiger partial charge in [-0.2, -0.15) is 0 Å². The van der Waals surface area contributed by atoms with Gasteiger partial charge in [0.25, 0.3) is 5.91 Å². The monoisotopic (exact) mass is 299 g/mol. The first-order valence-corrected chi connectivity index (χ1v) is 5.45. The first-order valence-electron chi connectivity index (χ1n) is 4.92. The summed E-state index contributed by atoms with van der Waals surface area (Å²) in [6.07, 6.45) is 2.79. The lowest BCUT2D eigenvalue weighted by molar-refractivity contribution is 0.0946. The highest BCUT2D eigenvalue weighted by atomic mass is 35.5. The van der Waals surface area contributed by atoms with Crippen LogP contribution in [0.15, 0.2) is 12.2 Å². The summed E-state index contributed by atoms with van der Waals surface area (Å²) in [5.74, 6) is -12.2. The Hall–Kier alpha value is -1.63. The van der Waals surface area contributed by atoms with Crippen LogP contribution in [0.1, 0.15) is 10.4 Å². The number of rotatable bonds is 4. The van der Waals surface area contributed by atoms with E-state index in [0.29, 0.717) is 0 Å². The number of amides is 1. The van der Waals surface area contributed by atoms with Crippen LogP contribution < -0.4 is 5.32 Å². The smallest absolute Gasteiger partial charge is 0.257 e. The van der Waals surface area contributed by atoms with Crippen molar-refractivity contribution in [2.24, 2.45) is 0 Å². The number of allylic oxidation sites excluding steroid dienone is 1. The average Bonchev–Trinajstić information content (AvgIpc) is 2.39. The third-order valence-corrected chi connectivity index (χ3v) is 2.25. The van der Waals surface area contributed by atoms with Crippen LogP contribution in [0, 0.1) is 29.1 Å². The van der Waals surface area contributed by atoms with Crippen molar-refractivity contribution in [2.45, 2.75) is 0 Å². The third kappa shape index (κ3) is 3.23. The predicted octanol–water partition coefficient (Wildman–Crippen LogP) is 2.91. The summed E-state index contributed by atoms with van der Waals surface area (Å²) in [4.78, 5) is 11.4. The van der Waals surface area contributed by atoms with Crippen molar-refractivity contribution in [3.05, 3.63) is 46.8 Å². The third-order valence-electron chi connectivity index (χ3n) is 2.07. The maximum atomic E-state index is 13.2. The maximum Gasteiger partial charge on any atom is 0.257 e. The number of hydrogen-bond acceptors (Lipinski definition) is 1. The maximum absolute atomic E-state index is 13.2. The summed E-state index contributed by atoms with van der Waals surface area (Å²) >= 11 is 5.28. The summed E-state index contributed by atoms with van der Waals surface area (Å²) in [5.41, 5.74) is -1.52. The number of carbonyl (C=O) groups excluding carboxylic acids is 1. The number of hydrogen-bond donors (Lipinski definition) is 1. The van der Waals surface area contributed by atoms with Crippen LogP contribution in [0.4, 0.5) is 22.0 Å². The molecule has 19 heavy (non-hydrogen) atoms. The van der Waals surface area contributed by atoms with E-state index in [0.717, 1.165) is 0 Å². The summed E-state index contributed by atoms with van der Waals surface area (Å²) in [7, 11) is 0. The Morgan fingerprint density at radius 2 is 1.42 bits per heavy atom. The molecule has 0 aliphatic rings. The molecule has 2 nitrogen and oxygen atoms in total. The van der Waals surface area contributed by atoms with Gasteiger partial charge in [-0.1, -0.05) is 12.2 Å². The number of carbonyl (C=O) groups is 1. The molecule has 0 radical (unpaired) electrons. The van der Waals surface area contributed by atoms with Gasteiger partial charge in [0.15, 0.2) is 23.3 Å². The molecule has 1 aromatic carbocycles. The molecule has 0 fully saturated rings. The normalized spacial score (nSPS) is 11.1. The van der Waals surface area contributed by atoms with Crippen LogP contribution in [-0.4, -0.2) is 18.3 Å². The summed E-state index contributed by atoms with van der Waals surface area (Å²) in [6, 6.07) is 0. The fourth-order valence-corrected chi connectivity index (χ4v) is 1.32. The standard InChI is InChI=1S/C11H7ClF5NO/c12-3-1-2-4-18-11(19)5-6(13)8(15)10(17)9(16)7(5)14/h1-2H,3-4H2,(H,18,19)/b2-1+. The Balaban J connectivity index is 3.07. The van der Waals surface area contributed by atoms with Gasteiger partial charge in [0.2, 0.25) is 5.82 Å². The van der Waals surface area contributed by atoms with Gasteiger partial charge in [-0.3, -0.25) is 4.79 Å². The molecule has 1 rings (SSSR count). The molecule has 8 heteroatoms. The van der Waals surface area contributed by atoms with Crippen LogP contribution in [0.2, 0.25) is 0 Å². The van der Waals surface area contributed by atoms with Crippen LogP contribution in [0.25, 0.3) is 0 Å². The summed E-state index contributed by atoms with van der Waals surface area (Å²) in [5, 5.41) is 1.97. The van der Waals surface area contributed by atoms with E-state index in [9.17, 15) is 26.7 Å². The minimum atomic E-state index is -2.31. The van der Waals surface area contributed by atoms with Gasteiger partial charge in [0.1, 0.15) is 5.56 Å². The van der Waals surface area contributed by atoms with Crippen molar-refractivity contribution < 1.29 is 26.7 Å². The first-order chi connectivity index (χ1) is 8.91. The second kappa shape index (κ2) is 6.51. The molecule has 0 saturated carbocycles. The minimum absolute atomic E-state index is 0.151. The summed E-state index contributed by atoms with van der Waals surface area (Å²) < 4.78 is 64.8. The molecule has 0 heterocycles. The van der Waals surface area contributed by atoms with Gasteiger partial charge in [0.05, 0.1) is 0 Å². The van der Waals surface area contributed by atoms with Gasteiger partial charge in [-0.25, -0.2) is 22.0 Å². The van der Waals surface area contributed by atoms with E-state index >= 15 is 0 Å². The molecule has 1 aromatic rings. The van der Waals surface area contributed by atoms with Gasteiger partial charge in [0, 0.05) is 12.4 Å². The number of benzene rings is 1. The van der Waals surface area contributed by atoms with Crippen molar-refractivity contribution in [3.8, 4) is 0 Å². The van der Waals surface area contributed by atoms with E-state index in [1.165, 1.54) is 12.2 Å². The van der Waals surface area contributed by atoms with Gasteiger partial charge in [-0.05, 0) is 0 Å². The van der Waals surface area contributed by atoms with Crippen molar-refractivity contribution in [1.82, 2.24) is 5.32 Å². The lowest BCUT2D eigenvalue weighted by atomic mass is 10.1. The quantitative estimate of drug-likeness (QED) is 0.299. The van der Waals surface area contributed by atoms with Crippen molar-refractivity contribution in [1.29, 1.82) is 0 Å². The molecule has 0 atom stereocenters. The van der Waals surface area contributed by atoms with E-state index in [1.54, 1.807) is 0 Å². The lowest BCUT2D eigenvalue weighted by Gasteiger charge is -2.07. The Labute approximate surface area is 109 Å². The van der Waals surface area contributed by atoms with E-state index in [2.05, 4.69) is 0 Å². The zero-order valence-electron chi connectivity index (χ0n) is 9.24. The molecule has 0 saturated heterocycles. The van der Waals surface area contributed by atoms with Crippen LogP contribution >= 0.6 is 11.6 Å².